The first-order chi connectivity index (χ1) is 12.1. The first-order valence-electron chi connectivity index (χ1n) is 9.39. The first-order valence-corrected chi connectivity index (χ1v) is 9.39. The van der Waals surface area contributed by atoms with Crippen molar-refractivity contribution in [2.75, 3.05) is 0 Å². The fourth-order valence-corrected chi connectivity index (χ4v) is 3.04. The Kier molecular flexibility index (Phi) is 6.74. The van der Waals surface area contributed by atoms with Crippen molar-refractivity contribution in [1.29, 1.82) is 0 Å². The number of carboxylic acid groups (broad SMARTS) is 1. The number of ether oxygens (including phenoxy) is 1. The van der Waals surface area contributed by atoms with E-state index < -0.39 is 24.0 Å². The molecule has 0 fully saturated rings. The molecule has 1 aromatic carbocycles. The maximum atomic E-state index is 11.9. The Labute approximate surface area is 162 Å². The van der Waals surface area contributed by atoms with Gasteiger partial charge in [-0.25, -0.2) is 0 Å². The normalized spacial score (nSPS) is 14.5. The van der Waals surface area contributed by atoms with Crippen LogP contribution in [0.3, 0.4) is 0 Å². The summed E-state index contributed by atoms with van der Waals surface area (Å²) < 4.78 is 5.50. The van der Waals surface area contributed by atoms with Crippen LogP contribution in [-0.4, -0.2) is 27.8 Å². The summed E-state index contributed by atoms with van der Waals surface area (Å²) in [6.45, 7) is 16.0. The number of esters is 1. The van der Waals surface area contributed by atoms with Crippen molar-refractivity contribution in [2.45, 2.75) is 91.1 Å². The molecule has 0 bridgehead atoms. The zero-order valence-corrected chi connectivity index (χ0v) is 17.9. The first kappa shape index (κ1) is 23.0. The van der Waals surface area contributed by atoms with Crippen molar-refractivity contribution >= 4 is 11.9 Å². The number of aliphatic carboxylic acids is 1. The van der Waals surface area contributed by atoms with Gasteiger partial charge < -0.3 is 14.9 Å². The SMILES string of the molecule is CCC(C)(Cc1cc(C(C)(C)C)c(O)c(C(C)(C)C)c1)OC(=O)CC(=O)O. The highest BCUT2D eigenvalue weighted by Crippen LogP contribution is 2.40. The highest BCUT2D eigenvalue weighted by Gasteiger charge is 2.31. The van der Waals surface area contributed by atoms with E-state index in [-0.39, 0.29) is 10.8 Å². The summed E-state index contributed by atoms with van der Waals surface area (Å²) in [4.78, 5) is 22.6. The molecule has 1 rings (SSSR count). The Morgan fingerprint density at radius 1 is 0.963 bits per heavy atom. The van der Waals surface area contributed by atoms with Gasteiger partial charge in [-0.1, -0.05) is 60.6 Å². The third-order valence-corrected chi connectivity index (χ3v) is 4.77. The largest absolute Gasteiger partial charge is 0.507 e. The number of aromatic hydroxyl groups is 1. The average molecular weight is 379 g/mol. The summed E-state index contributed by atoms with van der Waals surface area (Å²) in [6.07, 6.45) is 0.349. The highest BCUT2D eigenvalue weighted by molar-refractivity contribution is 5.90. The van der Waals surface area contributed by atoms with E-state index in [1.54, 1.807) is 0 Å². The minimum absolute atomic E-state index is 0.247. The lowest BCUT2D eigenvalue weighted by Crippen LogP contribution is -2.34. The maximum absolute atomic E-state index is 11.9. The van der Waals surface area contributed by atoms with E-state index in [1.165, 1.54) is 0 Å². The number of carbonyl (C=O) groups excluding carboxylic acids is 1. The number of phenolic OH excluding ortho intramolecular Hbond substituents is 1. The summed E-state index contributed by atoms with van der Waals surface area (Å²) in [5, 5.41) is 19.6. The predicted molar refractivity (Wildman–Crippen MR) is 106 cm³/mol. The van der Waals surface area contributed by atoms with Crippen molar-refractivity contribution in [1.82, 2.24) is 0 Å². The Balaban J connectivity index is 3.35. The zero-order valence-electron chi connectivity index (χ0n) is 17.9. The fourth-order valence-electron chi connectivity index (χ4n) is 3.04. The molecule has 0 amide bonds. The van der Waals surface area contributed by atoms with Crippen LogP contribution in [0.5, 0.6) is 5.75 Å². The van der Waals surface area contributed by atoms with Crippen LogP contribution in [0.2, 0.25) is 0 Å². The fraction of sp³-hybridized carbons (Fsp3) is 0.636. The molecular weight excluding hydrogens is 344 g/mol. The minimum Gasteiger partial charge on any atom is -0.507 e. The number of carboxylic acids is 1. The van der Waals surface area contributed by atoms with Crippen LogP contribution in [0.1, 0.15) is 84.9 Å². The monoisotopic (exact) mass is 378 g/mol. The second kappa shape index (κ2) is 7.91. The number of benzene rings is 1. The van der Waals surface area contributed by atoms with Gasteiger partial charge in [-0.3, -0.25) is 9.59 Å². The topological polar surface area (TPSA) is 83.8 Å². The van der Waals surface area contributed by atoms with E-state index in [1.807, 2.05) is 67.5 Å². The van der Waals surface area contributed by atoms with Gasteiger partial charge in [-0.15, -0.1) is 0 Å². The molecule has 2 N–H and O–H groups in total. The van der Waals surface area contributed by atoms with Gasteiger partial charge >= 0.3 is 11.9 Å². The molecule has 0 aliphatic heterocycles. The van der Waals surface area contributed by atoms with Gasteiger partial charge in [-0.05, 0) is 40.9 Å². The van der Waals surface area contributed by atoms with Crippen LogP contribution in [0.15, 0.2) is 12.1 Å². The molecule has 0 aromatic heterocycles. The average Bonchev–Trinajstić information content (AvgIpc) is 2.45. The Bertz CT molecular complexity index is 671. The molecule has 27 heavy (non-hydrogen) atoms. The molecule has 0 aliphatic rings. The molecule has 1 aromatic rings. The van der Waals surface area contributed by atoms with Crippen molar-refractivity contribution in [3.63, 3.8) is 0 Å². The molecule has 1 atom stereocenters. The molecular formula is C22H34O5. The second-order valence-electron chi connectivity index (χ2n) is 9.56. The molecule has 0 spiro atoms. The third kappa shape index (κ3) is 6.26. The highest BCUT2D eigenvalue weighted by atomic mass is 16.6. The van der Waals surface area contributed by atoms with Crippen LogP contribution in [-0.2, 0) is 31.6 Å². The zero-order chi connectivity index (χ0) is 21.2. The summed E-state index contributed by atoms with van der Waals surface area (Å²) >= 11 is 0. The number of rotatable bonds is 6. The second-order valence-corrected chi connectivity index (χ2v) is 9.56. The predicted octanol–water partition coefficient (Wildman–Crippen LogP) is 4.72. The van der Waals surface area contributed by atoms with Crippen LogP contribution < -0.4 is 0 Å². The molecule has 5 heteroatoms. The molecule has 0 saturated heterocycles. The summed E-state index contributed by atoms with van der Waals surface area (Å²) in [5.74, 6) is -1.63. The summed E-state index contributed by atoms with van der Waals surface area (Å²) in [7, 11) is 0. The van der Waals surface area contributed by atoms with E-state index in [0.29, 0.717) is 18.6 Å². The van der Waals surface area contributed by atoms with Gasteiger partial charge in [0.25, 0.3) is 0 Å². The van der Waals surface area contributed by atoms with Gasteiger partial charge in [0.05, 0.1) is 0 Å². The van der Waals surface area contributed by atoms with E-state index in [9.17, 15) is 14.7 Å². The minimum atomic E-state index is -1.20. The van der Waals surface area contributed by atoms with Gasteiger partial charge in [-0.2, -0.15) is 0 Å². The van der Waals surface area contributed by atoms with Crippen LogP contribution in [0.25, 0.3) is 0 Å². The molecule has 0 aliphatic carbocycles. The van der Waals surface area contributed by atoms with Crippen molar-refractivity contribution < 1.29 is 24.5 Å². The number of phenols is 1. The molecule has 1 unspecified atom stereocenters. The van der Waals surface area contributed by atoms with Gasteiger partial charge in [0.2, 0.25) is 0 Å². The summed E-state index contributed by atoms with van der Waals surface area (Å²) in [5.41, 5.74) is 1.34. The maximum Gasteiger partial charge on any atom is 0.317 e. The number of hydrogen-bond acceptors (Lipinski definition) is 4. The Morgan fingerprint density at radius 2 is 1.41 bits per heavy atom. The van der Waals surface area contributed by atoms with Crippen LogP contribution in [0, 0.1) is 0 Å². The summed E-state index contributed by atoms with van der Waals surface area (Å²) in [6, 6.07) is 3.92. The smallest absolute Gasteiger partial charge is 0.317 e. The third-order valence-electron chi connectivity index (χ3n) is 4.77. The Morgan fingerprint density at radius 3 is 1.74 bits per heavy atom. The van der Waals surface area contributed by atoms with E-state index in [4.69, 9.17) is 9.84 Å². The van der Waals surface area contributed by atoms with Crippen LogP contribution in [0.4, 0.5) is 0 Å². The van der Waals surface area contributed by atoms with Gasteiger partial charge in [0.15, 0.2) is 0 Å². The van der Waals surface area contributed by atoms with Crippen LogP contribution >= 0.6 is 0 Å². The molecule has 152 valence electrons. The molecule has 5 nitrogen and oxygen atoms in total. The van der Waals surface area contributed by atoms with Gasteiger partial charge in [0.1, 0.15) is 17.8 Å². The lowest BCUT2D eigenvalue weighted by atomic mass is 9.77. The molecule has 0 heterocycles. The van der Waals surface area contributed by atoms with Gasteiger partial charge in [0, 0.05) is 6.42 Å². The van der Waals surface area contributed by atoms with Crippen molar-refractivity contribution in [3.05, 3.63) is 28.8 Å². The lowest BCUT2D eigenvalue weighted by molar-refractivity contribution is -0.162. The standard InChI is InChI=1S/C22H34O5/c1-9-22(8,27-18(25)12-17(23)24)13-14-10-15(20(2,3)4)19(26)16(11-14)21(5,6)7/h10-11,26H,9,12-13H2,1-8H3,(H,23,24). The van der Waals surface area contributed by atoms with E-state index in [2.05, 4.69) is 0 Å². The molecule has 0 saturated carbocycles. The quantitative estimate of drug-likeness (QED) is 0.553. The van der Waals surface area contributed by atoms with Crippen molar-refractivity contribution in [2.24, 2.45) is 0 Å². The Hall–Kier alpha value is -2.04. The van der Waals surface area contributed by atoms with E-state index >= 15 is 0 Å². The molecule has 0 radical (unpaired) electrons. The number of carbonyl (C=O) groups is 2. The van der Waals surface area contributed by atoms with E-state index in [0.717, 1.165) is 16.7 Å². The lowest BCUT2D eigenvalue weighted by Gasteiger charge is -2.32. The van der Waals surface area contributed by atoms with Crippen molar-refractivity contribution in [3.8, 4) is 5.75 Å². The number of hydrogen-bond donors (Lipinski definition) is 2.